The maximum atomic E-state index is 13.9. The van der Waals surface area contributed by atoms with Crippen LogP contribution in [0.1, 0.15) is 69.4 Å². The van der Waals surface area contributed by atoms with E-state index in [2.05, 4.69) is 41.0 Å². The van der Waals surface area contributed by atoms with Crippen molar-refractivity contribution in [1.29, 1.82) is 0 Å². The molecular formula is C33H47N2O6P. The number of methoxy groups -OCH3 is 1. The Morgan fingerprint density at radius 3 is 2.31 bits per heavy atom. The number of hydrogen-bond donors (Lipinski definition) is 3. The van der Waals surface area contributed by atoms with Crippen LogP contribution in [0.15, 0.2) is 66.7 Å². The molecule has 0 aliphatic heterocycles. The minimum atomic E-state index is -3.99. The predicted octanol–water partition coefficient (Wildman–Crippen LogP) is 6.72. The number of nitrogens with one attached hydrogen (secondary N) is 1. The van der Waals surface area contributed by atoms with Gasteiger partial charge in [-0.2, -0.15) is 0 Å². The number of rotatable bonds is 20. The Morgan fingerprint density at radius 1 is 0.929 bits per heavy atom. The van der Waals surface area contributed by atoms with Gasteiger partial charge in [0, 0.05) is 11.9 Å². The van der Waals surface area contributed by atoms with Crippen molar-refractivity contribution in [2.24, 2.45) is 5.73 Å². The first-order valence-corrected chi connectivity index (χ1v) is 16.6. The number of unbranched alkanes of at least 4 members (excludes halogenated alkanes) is 5. The van der Waals surface area contributed by atoms with Crippen LogP contribution in [0.25, 0.3) is 10.8 Å². The first-order valence-electron chi connectivity index (χ1n) is 15.0. The third-order valence-electron chi connectivity index (χ3n) is 7.42. The highest BCUT2D eigenvalue weighted by Crippen LogP contribution is 2.46. The van der Waals surface area contributed by atoms with Gasteiger partial charge in [-0.05, 0) is 48.3 Å². The lowest BCUT2D eigenvalue weighted by Crippen LogP contribution is -2.48. The van der Waals surface area contributed by atoms with Crippen LogP contribution >= 0.6 is 7.75 Å². The average molecular weight is 599 g/mol. The molecule has 0 fully saturated rings. The Labute approximate surface area is 250 Å². The van der Waals surface area contributed by atoms with Gasteiger partial charge in [-0.25, -0.2) is 9.65 Å². The highest BCUT2D eigenvalue weighted by molar-refractivity contribution is 7.52. The van der Waals surface area contributed by atoms with E-state index in [9.17, 15) is 14.5 Å². The summed E-state index contributed by atoms with van der Waals surface area (Å²) in [4.78, 5) is 11.6. The number of carbonyl (C=O) groups excluding carboxylic acids is 1. The lowest BCUT2D eigenvalue weighted by molar-refractivity contribution is -0.140. The molecule has 0 heterocycles. The van der Waals surface area contributed by atoms with E-state index in [0.717, 1.165) is 22.8 Å². The van der Waals surface area contributed by atoms with E-state index in [-0.39, 0.29) is 26.2 Å². The summed E-state index contributed by atoms with van der Waals surface area (Å²) in [5.74, 6) is -0.0876. The molecule has 2 atom stereocenters. The van der Waals surface area contributed by atoms with Crippen molar-refractivity contribution in [1.82, 2.24) is 5.09 Å². The minimum absolute atomic E-state index is 0.0104. The SMILES string of the molecule is CCCCCCCCc1ccc(CCC(N)(CO)COP(=O)(NCCC(=O)OC)Oc2cccc3ccccc23)cc1. The fraction of sp³-hybridized carbons (Fsp3) is 0.485. The largest absolute Gasteiger partial charge is 0.469 e. The molecule has 4 N–H and O–H groups in total. The topological polar surface area (TPSA) is 120 Å². The summed E-state index contributed by atoms with van der Waals surface area (Å²) >= 11 is 0. The second-order valence-corrected chi connectivity index (χ2v) is 12.7. The number of benzene rings is 3. The van der Waals surface area contributed by atoms with E-state index >= 15 is 0 Å². The van der Waals surface area contributed by atoms with E-state index in [1.807, 2.05) is 30.3 Å². The highest BCUT2D eigenvalue weighted by Gasteiger charge is 2.33. The predicted molar refractivity (Wildman–Crippen MR) is 169 cm³/mol. The quantitative estimate of drug-likeness (QED) is 0.0745. The first-order chi connectivity index (χ1) is 20.3. The number of esters is 1. The summed E-state index contributed by atoms with van der Waals surface area (Å²) in [5.41, 5.74) is 7.80. The van der Waals surface area contributed by atoms with Crippen molar-refractivity contribution in [3.05, 3.63) is 77.9 Å². The van der Waals surface area contributed by atoms with E-state index < -0.39 is 19.3 Å². The summed E-state index contributed by atoms with van der Waals surface area (Å²) in [6, 6.07) is 21.5. The molecule has 0 aliphatic rings. The van der Waals surface area contributed by atoms with Gasteiger partial charge in [-0.3, -0.25) is 9.32 Å². The molecule has 0 aliphatic carbocycles. The standard InChI is InChI=1S/C33H47N2O6P/c1-3-4-5-6-7-8-12-27-17-19-28(20-18-27)21-23-33(34,25-36)26-40-42(38,35-24-22-32(37)39-2)41-31-16-11-14-29-13-9-10-15-30(29)31/h9-11,13-20,36H,3-8,12,21-26,34H2,1-2H3,(H,35,38). The zero-order chi connectivity index (χ0) is 30.3. The smallest absolute Gasteiger partial charge is 0.458 e. The molecular weight excluding hydrogens is 551 g/mol. The molecule has 0 saturated carbocycles. The van der Waals surface area contributed by atoms with E-state index in [4.69, 9.17) is 14.8 Å². The summed E-state index contributed by atoms with van der Waals surface area (Å²) < 4.78 is 30.3. The van der Waals surface area contributed by atoms with Gasteiger partial charge < -0.3 is 20.1 Å². The number of carbonyl (C=O) groups is 1. The van der Waals surface area contributed by atoms with Crippen LogP contribution in [0.4, 0.5) is 0 Å². The second kappa shape index (κ2) is 17.4. The summed E-state index contributed by atoms with van der Waals surface area (Å²) in [5, 5.41) is 14.6. The Morgan fingerprint density at radius 2 is 1.60 bits per heavy atom. The molecule has 3 rings (SSSR count). The van der Waals surface area contributed by atoms with Crippen molar-refractivity contribution in [3.63, 3.8) is 0 Å². The van der Waals surface area contributed by atoms with Gasteiger partial charge >= 0.3 is 13.7 Å². The average Bonchev–Trinajstić information content (AvgIpc) is 3.01. The lowest BCUT2D eigenvalue weighted by Gasteiger charge is -2.29. The first kappa shape index (κ1) is 33.8. The normalized spacial score (nSPS) is 14.3. The molecule has 0 bridgehead atoms. The monoisotopic (exact) mass is 598 g/mol. The van der Waals surface area contributed by atoms with E-state index in [1.54, 1.807) is 12.1 Å². The number of ether oxygens (including phenoxy) is 1. The molecule has 9 heteroatoms. The van der Waals surface area contributed by atoms with Crippen molar-refractivity contribution in [2.45, 2.75) is 76.7 Å². The van der Waals surface area contributed by atoms with Crippen LogP contribution in [0.3, 0.4) is 0 Å². The molecule has 0 radical (unpaired) electrons. The third kappa shape index (κ3) is 11.2. The van der Waals surface area contributed by atoms with Crippen molar-refractivity contribution < 1.29 is 28.3 Å². The summed E-state index contributed by atoms with van der Waals surface area (Å²) in [7, 11) is -2.70. The van der Waals surface area contributed by atoms with Crippen LogP contribution < -0.4 is 15.3 Å². The van der Waals surface area contributed by atoms with Gasteiger partial charge in [0.25, 0.3) is 0 Å². The van der Waals surface area contributed by atoms with Gasteiger partial charge in [0.1, 0.15) is 5.75 Å². The highest BCUT2D eigenvalue weighted by atomic mass is 31.2. The molecule has 8 nitrogen and oxygen atoms in total. The van der Waals surface area contributed by atoms with E-state index in [0.29, 0.717) is 18.6 Å². The van der Waals surface area contributed by atoms with Gasteiger partial charge in [0.2, 0.25) is 0 Å². The summed E-state index contributed by atoms with van der Waals surface area (Å²) in [6.45, 7) is 1.67. The lowest BCUT2D eigenvalue weighted by atomic mass is 9.93. The number of hydrogen-bond acceptors (Lipinski definition) is 7. The number of fused-ring (bicyclic) bond motifs is 1. The molecule has 0 aromatic heterocycles. The van der Waals surface area contributed by atoms with Gasteiger partial charge in [-0.1, -0.05) is 99.7 Å². The molecule has 3 aromatic rings. The fourth-order valence-electron chi connectivity index (χ4n) is 4.69. The Hall–Kier alpha value is -2.74. The summed E-state index contributed by atoms with van der Waals surface area (Å²) in [6.07, 6.45) is 9.76. The Bertz CT molecular complexity index is 1280. The molecule has 42 heavy (non-hydrogen) atoms. The second-order valence-electron chi connectivity index (χ2n) is 10.9. The Kier molecular flexibility index (Phi) is 14.0. The van der Waals surface area contributed by atoms with Gasteiger partial charge in [-0.15, -0.1) is 0 Å². The van der Waals surface area contributed by atoms with Crippen LogP contribution in [0.2, 0.25) is 0 Å². The molecule has 0 saturated heterocycles. The molecule has 2 unspecified atom stereocenters. The number of nitrogens with two attached hydrogens (primary N) is 1. The third-order valence-corrected chi connectivity index (χ3v) is 8.94. The number of aliphatic hydroxyl groups is 1. The fourth-order valence-corrected chi connectivity index (χ4v) is 6.13. The molecule has 0 amide bonds. The Balaban J connectivity index is 1.60. The molecule has 3 aromatic carbocycles. The van der Waals surface area contributed by atoms with Crippen molar-refractivity contribution in [3.8, 4) is 5.75 Å². The maximum absolute atomic E-state index is 13.9. The minimum Gasteiger partial charge on any atom is -0.469 e. The van der Waals surface area contributed by atoms with Crippen molar-refractivity contribution >= 4 is 24.5 Å². The number of aryl methyl sites for hydroxylation is 2. The van der Waals surface area contributed by atoms with Gasteiger partial charge in [0.05, 0.1) is 32.3 Å². The maximum Gasteiger partial charge on any atom is 0.458 e. The zero-order valence-electron chi connectivity index (χ0n) is 25.1. The van der Waals surface area contributed by atoms with E-state index in [1.165, 1.54) is 51.2 Å². The van der Waals surface area contributed by atoms with Crippen LogP contribution in [0.5, 0.6) is 5.75 Å². The zero-order valence-corrected chi connectivity index (χ0v) is 26.0. The van der Waals surface area contributed by atoms with Crippen molar-refractivity contribution in [2.75, 3.05) is 26.9 Å². The van der Waals surface area contributed by atoms with Gasteiger partial charge in [0.15, 0.2) is 0 Å². The van der Waals surface area contributed by atoms with Crippen LogP contribution in [0, 0.1) is 0 Å². The molecule has 0 spiro atoms. The number of aliphatic hydroxyl groups excluding tert-OH is 1. The van der Waals surface area contributed by atoms with Crippen LogP contribution in [-0.4, -0.2) is 43.5 Å². The van der Waals surface area contributed by atoms with Crippen LogP contribution in [-0.2, 0) is 31.5 Å². The molecule has 230 valence electrons.